The number of anilines is 1. The molecule has 0 bridgehead atoms. The van der Waals surface area contributed by atoms with Crippen molar-refractivity contribution in [3.63, 3.8) is 0 Å². The zero-order valence-corrected chi connectivity index (χ0v) is 19.2. The number of likely N-dealkylation sites (tertiary alicyclic amines) is 1. The molecule has 0 spiro atoms. The summed E-state index contributed by atoms with van der Waals surface area (Å²) in [6, 6.07) is 26.2. The number of benzene rings is 3. The predicted octanol–water partition coefficient (Wildman–Crippen LogP) is 5.70. The van der Waals surface area contributed by atoms with E-state index < -0.39 is 0 Å². The standard InChI is InChI=1S/C27H29N3OS/c1-20-9-8-12-23(19-20)25(21-10-4-2-5-11-21)29-27(32)28-24-15-13-22(14-16-24)26(31)30-17-6-3-7-18-30/h2,4-5,8-16,19,25H,3,6-7,17-18H2,1H3,(H2,28,29,32). The highest BCUT2D eigenvalue weighted by atomic mass is 32.1. The van der Waals surface area contributed by atoms with E-state index in [0.717, 1.165) is 48.3 Å². The first-order chi connectivity index (χ1) is 15.6. The third-order valence-corrected chi connectivity index (χ3v) is 6.04. The first kappa shape index (κ1) is 22.0. The van der Waals surface area contributed by atoms with Crippen molar-refractivity contribution in [2.45, 2.75) is 32.2 Å². The Morgan fingerprint density at radius 3 is 2.25 bits per heavy atom. The fourth-order valence-corrected chi connectivity index (χ4v) is 4.36. The highest BCUT2D eigenvalue weighted by molar-refractivity contribution is 7.80. The number of nitrogens with zero attached hydrogens (tertiary/aromatic N) is 1. The minimum Gasteiger partial charge on any atom is -0.352 e. The molecule has 1 fully saturated rings. The van der Waals surface area contributed by atoms with E-state index in [1.807, 2.05) is 47.4 Å². The van der Waals surface area contributed by atoms with E-state index in [0.29, 0.717) is 5.11 Å². The Labute approximate surface area is 195 Å². The summed E-state index contributed by atoms with van der Waals surface area (Å²) in [5.41, 5.74) is 5.08. The molecular weight excluding hydrogens is 414 g/mol. The van der Waals surface area contributed by atoms with Gasteiger partial charge in [0, 0.05) is 24.3 Å². The van der Waals surface area contributed by atoms with Gasteiger partial charge in [-0.25, -0.2) is 0 Å². The minimum atomic E-state index is -0.0592. The summed E-state index contributed by atoms with van der Waals surface area (Å²) in [4.78, 5) is 14.6. The third-order valence-electron chi connectivity index (χ3n) is 5.82. The predicted molar refractivity (Wildman–Crippen MR) is 135 cm³/mol. The summed E-state index contributed by atoms with van der Waals surface area (Å²) in [7, 11) is 0. The summed E-state index contributed by atoms with van der Waals surface area (Å²) < 4.78 is 0. The van der Waals surface area contributed by atoms with Crippen LogP contribution in [0.1, 0.15) is 52.4 Å². The maximum Gasteiger partial charge on any atom is 0.253 e. The van der Waals surface area contributed by atoms with Crippen LogP contribution in [-0.2, 0) is 0 Å². The van der Waals surface area contributed by atoms with Gasteiger partial charge in [0.15, 0.2) is 5.11 Å². The van der Waals surface area contributed by atoms with Gasteiger partial charge in [0.25, 0.3) is 5.91 Å². The zero-order valence-electron chi connectivity index (χ0n) is 18.4. The number of nitrogens with one attached hydrogen (secondary N) is 2. The SMILES string of the molecule is Cc1cccc(C(NC(=S)Nc2ccc(C(=O)N3CCCCC3)cc2)c2ccccc2)c1. The third kappa shape index (κ3) is 5.54. The number of piperidine rings is 1. The van der Waals surface area contributed by atoms with Crippen LogP contribution in [0, 0.1) is 6.92 Å². The van der Waals surface area contributed by atoms with Gasteiger partial charge in [-0.2, -0.15) is 0 Å². The molecule has 0 saturated carbocycles. The van der Waals surface area contributed by atoms with E-state index in [-0.39, 0.29) is 11.9 Å². The van der Waals surface area contributed by atoms with Gasteiger partial charge in [0.2, 0.25) is 0 Å². The number of aryl methyl sites for hydroxylation is 1. The first-order valence-electron chi connectivity index (χ1n) is 11.2. The summed E-state index contributed by atoms with van der Waals surface area (Å²) in [5.74, 6) is 0.112. The van der Waals surface area contributed by atoms with Crippen LogP contribution in [0.5, 0.6) is 0 Å². The molecule has 164 valence electrons. The Bertz CT molecular complexity index is 1060. The summed E-state index contributed by atoms with van der Waals surface area (Å²) in [6.45, 7) is 3.80. The topological polar surface area (TPSA) is 44.4 Å². The lowest BCUT2D eigenvalue weighted by Gasteiger charge is -2.26. The van der Waals surface area contributed by atoms with Gasteiger partial charge in [0.05, 0.1) is 6.04 Å². The molecule has 0 aromatic heterocycles. The highest BCUT2D eigenvalue weighted by Crippen LogP contribution is 2.23. The van der Waals surface area contributed by atoms with Gasteiger partial charge < -0.3 is 15.5 Å². The molecule has 32 heavy (non-hydrogen) atoms. The number of rotatable bonds is 5. The van der Waals surface area contributed by atoms with Crippen molar-refractivity contribution < 1.29 is 4.79 Å². The minimum absolute atomic E-state index is 0.0592. The molecule has 2 N–H and O–H groups in total. The lowest BCUT2D eigenvalue weighted by Crippen LogP contribution is -2.35. The van der Waals surface area contributed by atoms with Gasteiger partial charge in [-0.15, -0.1) is 0 Å². The van der Waals surface area contributed by atoms with Crippen LogP contribution in [0.4, 0.5) is 5.69 Å². The van der Waals surface area contributed by atoms with Crippen LogP contribution in [0.25, 0.3) is 0 Å². The van der Waals surface area contributed by atoms with Crippen molar-refractivity contribution in [1.82, 2.24) is 10.2 Å². The summed E-state index contributed by atoms with van der Waals surface area (Å²) in [5, 5.41) is 7.26. The molecule has 3 aromatic rings. The summed E-state index contributed by atoms with van der Waals surface area (Å²) in [6.07, 6.45) is 3.40. The molecule has 1 saturated heterocycles. The zero-order chi connectivity index (χ0) is 22.3. The van der Waals surface area contributed by atoms with Gasteiger partial charge in [-0.05, 0) is 73.8 Å². The Balaban J connectivity index is 1.44. The maximum atomic E-state index is 12.7. The van der Waals surface area contributed by atoms with Crippen LogP contribution < -0.4 is 10.6 Å². The molecule has 4 rings (SSSR count). The van der Waals surface area contributed by atoms with Crippen molar-refractivity contribution in [2.24, 2.45) is 0 Å². The van der Waals surface area contributed by atoms with Crippen LogP contribution >= 0.6 is 12.2 Å². The monoisotopic (exact) mass is 443 g/mol. The van der Waals surface area contributed by atoms with Crippen molar-refractivity contribution in [1.29, 1.82) is 0 Å². The van der Waals surface area contributed by atoms with E-state index in [9.17, 15) is 4.79 Å². The molecule has 1 amide bonds. The Kier molecular flexibility index (Phi) is 7.17. The van der Waals surface area contributed by atoms with Crippen molar-refractivity contribution in [3.05, 3.63) is 101 Å². The molecule has 0 aliphatic carbocycles. The quantitative estimate of drug-likeness (QED) is 0.497. The Morgan fingerprint density at radius 1 is 0.875 bits per heavy atom. The molecule has 3 aromatic carbocycles. The molecule has 1 aliphatic rings. The van der Waals surface area contributed by atoms with E-state index in [2.05, 4.69) is 54.0 Å². The van der Waals surface area contributed by atoms with Crippen LogP contribution in [0.2, 0.25) is 0 Å². The van der Waals surface area contributed by atoms with E-state index in [4.69, 9.17) is 12.2 Å². The molecule has 1 heterocycles. The average molecular weight is 444 g/mol. The molecule has 5 heteroatoms. The molecule has 0 radical (unpaired) electrons. The largest absolute Gasteiger partial charge is 0.352 e. The fourth-order valence-electron chi connectivity index (χ4n) is 4.13. The van der Waals surface area contributed by atoms with E-state index in [1.54, 1.807) is 0 Å². The van der Waals surface area contributed by atoms with E-state index >= 15 is 0 Å². The molecule has 1 aliphatic heterocycles. The van der Waals surface area contributed by atoms with Gasteiger partial charge in [0.1, 0.15) is 0 Å². The fraction of sp³-hybridized carbons (Fsp3) is 0.259. The van der Waals surface area contributed by atoms with Crippen LogP contribution in [0.15, 0.2) is 78.9 Å². The molecule has 1 atom stereocenters. The van der Waals surface area contributed by atoms with Crippen molar-refractivity contribution in [3.8, 4) is 0 Å². The van der Waals surface area contributed by atoms with Gasteiger partial charge in [-0.1, -0.05) is 60.2 Å². The van der Waals surface area contributed by atoms with E-state index in [1.165, 1.54) is 12.0 Å². The number of carbonyl (C=O) groups excluding carboxylic acids is 1. The van der Waals surface area contributed by atoms with Gasteiger partial charge in [-0.3, -0.25) is 4.79 Å². The molecule has 4 nitrogen and oxygen atoms in total. The van der Waals surface area contributed by atoms with Crippen molar-refractivity contribution in [2.75, 3.05) is 18.4 Å². The second-order valence-electron chi connectivity index (χ2n) is 8.29. The number of amides is 1. The Morgan fingerprint density at radius 2 is 1.56 bits per heavy atom. The second-order valence-corrected chi connectivity index (χ2v) is 8.69. The maximum absolute atomic E-state index is 12.7. The number of thiocarbonyl (C=S) groups is 1. The lowest BCUT2D eigenvalue weighted by molar-refractivity contribution is 0.0724. The number of hydrogen-bond acceptors (Lipinski definition) is 2. The molecular formula is C27H29N3OS. The van der Waals surface area contributed by atoms with Crippen LogP contribution in [0.3, 0.4) is 0 Å². The van der Waals surface area contributed by atoms with Crippen molar-refractivity contribution >= 4 is 28.9 Å². The Hall–Kier alpha value is -3.18. The number of carbonyl (C=O) groups is 1. The number of hydrogen-bond donors (Lipinski definition) is 2. The first-order valence-corrected chi connectivity index (χ1v) is 11.6. The van der Waals surface area contributed by atoms with Gasteiger partial charge >= 0.3 is 0 Å². The molecule has 1 unspecified atom stereocenters. The smallest absolute Gasteiger partial charge is 0.253 e. The summed E-state index contributed by atoms with van der Waals surface area (Å²) >= 11 is 5.63. The van der Waals surface area contributed by atoms with Crippen LogP contribution in [-0.4, -0.2) is 29.0 Å². The lowest BCUT2D eigenvalue weighted by atomic mass is 9.97. The normalized spacial score (nSPS) is 14.5. The highest BCUT2D eigenvalue weighted by Gasteiger charge is 2.18. The average Bonchev–Trinajstić information content (AvgIpc) is 2.84. The second kappa shape index (κ2) is 10.4.